The first-order valence-corrected chi connectivity index (χ1v) is 6.95. The van der Waals surface area contributed by atoms with Gasteiger partial charge in [-0.2, -0.15) is 0 Å². The molecule has 1 aromatic carbocycles. The summed E-state index contributed by atoms with van der Waals surface area (Å²) in [4.78, 5) is 4.17. The van der Waals surface area contributed by atoms with Gasteiger partial charge in [0.15, 0.2) is 0 Å². The van der Waals surface area contributed by atoms with E-state index in [0.29, 0.717) is 12.1 Å². The monoisotopic (exact) mass is 254 g/mol. The molecule has 0 saturated heterocycles. The Kier molecular flexibility index (Phi) is 5.10. The van der Waals surface area contributed by atoms with Gasteiger partial charge in [-0.05, 0) is 43.9 Å². The topological polar surface area (TPSA) is 24.9 Å². The number of benzene rings is 1. The number of pyridine rings is 1. The van der Waals surface area contributed by atoms with Crippen LogP contribution in [0, 0.1) is 0 Å². The number of nitrogens with zero attached hydrogens (tertiary/aromatic N) is 1. The maximum absolute atomic E-state index is 4.17. The van der Waals surface area contributed by atoms with Crippen molar-refractivity contribution in [2.75, 3.05) is 0 Å². The lowest BCUT2D eigenvalue weighted by molar-refractivity contribution is 0.455. The van der Waals surface area contributed by atoms with Crippen molar-refractivity contribution in [2.45, 2.75) is 38.8 Å². The lowest BCUT2D eigenvalue weighted by Gasteiger charge is -2.20. The van der Waals surface area contributed by atoms with Gasteiger partial charge in [-0.3, -0.25) is 4.98 Å². The van der Waals surface area contributed by atoms with E-state index in [1.54, 1.807) is 0 Å². The van der Waals surface area contributed by atoms with E-state index in [-0.39, 0.29) is 0 Å². The van der Waals surface area contributed by atoms with E-state index >= 15 is 0 Å². The molecule has 1 aromatic heterocycles. The molecular weight excluding hydrogens is 232 g/mol. The van der Waals surface area contributed by atoms with E-state index < -0.39 is 0 Å². The van der Waals surface area contributed by atoms with Crippen molar-refractivity contribution in [3.05, 3.63) is 66.0 Å². The summed E-state index contributed by atoms with van der Waals surface area (Å²) >= 11 is 0. The molecule has 0 aliphatic rings. The highest BCUT2D eigenvalue weighted by Crippen LogP contribution is 2.12. The van der Waals surface area contributed by atoms with Gasteiger partial charge in [-0.25, -0.2) is 0 Å². The van der Waals surface area contributed by atoms with E-state index in [2.05, 4.69) is 60.5 Å². The van der Waals surface area contributed by atoms with Crippen LogP contribution in [0.25, 0.3) is 0 Å². The SMILES string of the molecule is CC(CCc1ccccc1)N[C@H](C)c1cccnc1. The molecular formula is C17H22N2. The summed E-state index contributed by atoms with van der Waals surface area (Å²) in [5.41, 5.74) is 2.65. The number of hydrogen-bond donors (Lipinski definition) is 1. The molecule has 0 amide bonds. The fourth-order valence-corrected chi connectivity index (χ4v) is 2.27. The minimum Gasteiger partial charge on any atom is -0.308 e. The van der Waals surface area contributed by atoms with Gasteiger partial charge in [0.1, 0.15) is 0 Å². The van der Waals surface area contributed by atoms with Crippen LogP contribution in [-0.2, 0) is 6.42 Å². The second kappa shape index (κ2) is 7.05. The van der Waals surface area contributed by atoms with Crippen LogP contribution in [-0.4, -0.2) is 11.0 Å². The molecule has 2 aromatic rings. The van der Waals surface area contributed by atoms with Crippen LogP contribution >= 0.6 is 0 Å². The summed E-state index contributed by atoms with van der Waals surface area (Å²) in [6, 6.07) is 15.6. The largest absolute Gasteiger partial charge is 0.308 e. The second-order valence-electron chi connectivity index (χ2n) is 5.10. The summed E-state index contributed by atoms with van der Waals surface area (Å²) in [5, 5.41) is 3.63. The van der Waals surface area contributed by atoms with Crippen molar-refractivity contribution in [1.29, 1.82) is 0 Å². The van der Waals surface area contributed by atoms with Gasteiger partial charge in [-0.15, -0.1) is 0 Å². The first-order chi connectivity index (χ1) is 9.25. The summed E-state index contributed by atoms with van der Waals surface area (Å²) in [5.74, 6) is 0. The fourth-order valence-electron chi connectivity index (χ4n) is 2.27. The molecule has 0 aliphatic carbocycles. The van der Waals surface area contributed by atoms with Crippen molar-refractivity contribution >= 4 is 0 Å². The van der Waals surface area contributed by atoms with Crippen LogP contribution in [0.2, 0.25) is 0 Å². The first kappa shape index (κ1) is 13.8. The van der Waals surface area contributed by atoms with E-state index in [1.807, 2.05) is 18.5 Å². The molecule has 1 unspecified atom stereocenters. The molecule has 0 fully saturated rings. The highest BCUT2D eigenvalue weighted by Gasteiger charge is 2.09. The fraction of sp³-hybridized carbons (Fsp3) is 0.353. The molecule has 100 valence electrons. The van der Waals surface area contributed by atoms with E-state index in [0.717, 1.165) is 12.8 Å². The minimum absolute atomic E-state index is 0.347. The molecule has 0 bridgehead atoms. The normalized spacial score (nSPS) is 14.0. The van der Waals surface area contributed by atoms with Gasteiger partial charge in [0.25, 0.3) is 0 Å². The third kappa shape index (κ3) is 4.49. The molecule has 2 rings (SSSR count). The molecule has 1 N–H and O–H groups in total. The average molecular weight is 254 g/mol. The minimum atomic E-state index is 0.347. The predicted molar refractivity (Wildman–Crippen MR) is 80.0 cm³/mol. The van der Waals surface area contributed by atoms with Crippen molar-refractivity contribution in [3.8, 4) is 0 Å². The number of aryl methyl sites for hydroxylation is 1. The third-order valence-corrected chi connectivity index (χ3v) is 3.43. The van der Waals surface area contributed by atoms with Crippen LogP contribution in [0.1, 0.15) is 37.4 Å². The van der Waals surface area contributed by atoms with Gasteiger partial charge in [0.05, 0.1) is 0 Å². The molecule has 0 aliphatic heterocycles. The molecule has 2 nitrogen and oxygen atoms in total. The summed E-state index contributed by atoms with van der Waals surface area (Å²) in [6.07, 6.45) is 6.01. The van der Waals surface area contributed by atoms with Crippen LogP contribution < -0.4 is 5.32 Å². The van der Waals surface area contributed by atoms with Gasteiger partial charge in [0.2, 0.25) is 0 Å². The highest BCUT2D eigenvalue weighted by molar-refractivity contribution is 5.15. The van der Waals surface area contributed by atoms with Gasteiger partial charge in [-0.1, -0.05) is 36.4 Å². The Labute approximate surface area is 115 Å². The Morgan fingerprint density at radius 2 is 1.84 bits per heavy atom. The summed E-state index contributed by atoms with van der Waals surface area (Å²) < 4.78 is 0. The molecule has 1 heterocycles. The zero-order valence-electron chi connectivity index (χ0n) is 11.7. The zero-order valence-corrected chi connectivity index (χ0v) is 11.7. The van der Waals surface area contributed by atoms with E-state index in [9.17, 15) is 0 Å². The van der Waals surface area contributed by atoms with Crippen LogP contribution in [0.3, 0.4) is 0 Å². The second-order valence-corrected chi connectivity index (χ2v) is 5.10. The molecule has 19 heavy (non-hydrogen) atoms. The molecule has 0 saturated carbocycles. The van der Waals surface area contributed by atoms with Crippen molar-refractivity contribution in [3.63, 3.8) is 0 Å². The lowest BCUT2D eigenvalue weighted by atomic mass is 10.0. The van der Waals surface area contributed by atoms with Crippen molar-refractivity contribution < 1.29 is 0 Å². The Morgan fingerprint density at radius 1 is 1.05 bits per heavy atom. The third-order valence-electron chi connectivity index (χ3n) is 3.43. The van der Waals surface area contributed by atoms with Crippen LogP contribution in [0.5, 0.6) is 0 Å². The smallest absolute Gasteiger partial charge is 0.0315 e. The standard InChI is InChI=1S/C17H22N2/c1-14(10-11-16-7-4-3-5-8-16)19-15(2)17-9-6-12-18-13-17/h3-9,12-15,19H,10-11H2,1-2H3/t14?,15-/m1/s1. The number of aromatic nitrogens is 1. The average Bonchev–Trinajstić information content (AvgIpc) is 2.47. The summed E-state index contributed by atoms with van der Waals surface area (Å²) in [7, 11) is 0. The Hall–Kier alpha value is -1.67. The maximum atomic E-state index is 4.17. The van der Waals surface area contributed by atoms with Gasteiger partial charge >= 0.3 is 0 Å². The van der Waals surface area contributed by atoms with Gasteiger partial charge in [0, 0.05) is 24.5 Å². The van der Waals surface area contributed by atoms with Crippen LogP contribution in [0.4, 0.5) is 0 Å². The van der Waals surface area contributed by atoms with Crippen molar-refractivity contribution in [2.24, 2.45) is 0 Å². The quantitative estimate of drug-likeness (QED) is 0.849. The van der Waals surface area contributed by atoms with E-state index in [4.69, 9.17) is 0 Å². The highest BCUT2D eigenvalue weighted by atomic mass is 14.9. The molecule has 2 heteroatoms. The molecule has 0 radical (unpaired) electrons. The Balaban J connectivity index is 1.80. The zero-order chi connectivity index (χ0) is 13.5. The number of nitrogens with one attached hydrogen (secondary N) is 1. The number of rotatable bonds is 6. The first-order valence-electron chi connectivity index (χ1n) is 6.95. The predicted octanol–water partition coefficient (Wildman–Crippen LogP) is 3.75. The Morgan fingerprint density at radius 3 is 2.53 bits per heavy atom. The Bertz CT molecular complexity index is 467. The van der Waals surface area contributed by atoms with Crippen LogP contribution in [0.15, 0.2) is 54.9 Å². The lowest BCUT2D eigenvalue weighted by Crippen LogP contribution is -2.29. The maximum Gasteiger partial charge on any atom is 0.0315 e. The molecule has 2 atom stereocenters. The molecule has 0 spiro atoms. The summed E-state index contributed by atoms with van der Waals surface area (Å²) in [6.45, 7) is 4.44. The van der Waals surface area contributed by atoms with E-state index in [1.165, 1.54) is 11.1 Å². The van der Waals surface area contributed by atoms with Crippen molar-refractivity contribution in [1.82, 2.24) is 10.3 Å². The number of hydrogen-bond acceptors (Lipinski definition) is 2. The van der Waals surface area contributed by atoms with Gasteiger partial charge < -0.3 is 5.32 Å².